The molecule has 1 aliphatic heterocycles. The molecule has 0 atom stereocenters. The van der Waals surface area contributed by atoms with E-state index in [1.165, 1.54) is 0 Å². The fourth-order valence-electron chi connectivity index (χ4n) is 3.25. The molecule has 2 N–H and O–H groups in total. The van der Waals surface area contributed by atoms with Gasteiger partial charge in [0.1, 0.15) is 11.5 Å². The number of amides is 2. The van der Waals surface area contributed by atoms with Crippen LogP contribution in [0.5, 0.6) is 0 Å². The number of para-hydroxylation sites is 1. The Morgan fingerprint density at radius 3 is 2.67 bits per heavy atom. The van der Waals surface area contributed by atoms with E-state index < -0.39 is 0 Å². The number of aryl methyl sites for hydroxylation is 2. The van der Waals surface area contributed by atoms with Gasteiger partial charge < -0.3 is 15.2 Å². The first kappa shape index (κ1) is 17.0. The molecule has 0 unspecified atom stereocenters. The van der Waals surface area contributed by atoms with Crippen LogP contribution in [0, 0.1) is 6.92 Å². The van der Waals surface area contributed by atoms with Crippen LogP contribution >= 0.6 is 0 Å². The van der Waals surface area contributed by atoms with Crippen molar-refractivity contribution in [3.63, 3.8) is 0 Å². The zero-order valence-corrected chi connectivity index (χ0v) is 15.0. The van der Waals surface area contributed by atoms with E-state index >= 15 is 0 Å². The van der Waals surface area contributed by atoms with Crippen LogP contribution in [-0.4, -0.2) is 21.4 Å². The average Bonchev–Trinajstić information content (AvgIpc) is 3.28. The van der Waals surface area contributed by atoms with Crippen LogP contribution in [-0.2, 0) is 13.0 Å². The van der Waals surface area contributed by atoms with Gasteiger partial charge in [-0.15, -0.1) is 0 Å². The highest BCUT2D eigenvalue weighted by molar-refractivity contribution is 6.07. The van der Waals surface area contributed by atoms with Crippen LogP contribution in [0.3, 0.4) is 0 Å². The summed E-state index contributed by atoms with van der Waals surface area (Å²) < 4.78 is 1.95. The first-order valence-corrected chi connectivity index (χ1v) is 8.94. The zero-order chi connectivity index (χ0) is 18.8. The second-order valence-corrected chi connectivity index (χ2v) is 6.62. The van der Waals surface area contributed by atoms with Crippen LogP contribution in [0.2, 0.25) is 0 Å². The molecule has 6 heteroatoms. The number of nitrogens with one attached hydrogen (secondary N) is 2. The molecular formula is C21H20N4O2. The van der Waals surface area contributed by atoms with Crippen LogP contribution in [0.4, 0.5) is 11.4 Å². The molecule has 4 rings (SSSR count). The van der Waals surface area contributed by atoms with Gasteiger partial charge in [-0.05, 0) is 43.2 Å². The molecule has 1 aliphatic rings. The molecule has 6 nitrogen and oxygen atoms in total. The summed E-state index contributed by atoms with van der Waals surface area (Å²) in [5.74, 6) is 0.522. The number of nitrogens with zero attached hydrogens (tertiary/aromatic N) is 2. The Labute approximate surface area is 157 Å². The fourth-order valence-corrected chi connectivity index (χ4v) is 3.25. The summed E-state index contributed by atoms with van der Waals surface area (Å²) in [4.78, 5) is 29.5. The number of aromatic nitrogens is 2. The Balaban J connectivity index is 1.53. The highest BCUT2D eigenvalue weighted by Crippen LogP contribution is 2.21. The molecule has 0 spiro atoms. The molecule has 0 fully saturated rings. The maximum absolute atomic E-state index is 12.7. The standard InChI is InChI=1S/C21H20N4O2/c1-14-9-10-15(20(26)23-16-6-3-2-4-7-16)12-17(14)24-21(27)18-13-22-19-8-5-11-25(18)19/h2-4,6-7,9-10,12-13H,5,8,11H2,1H3,(H,23,26)(H,24,27). The lowest BCUT2D eigenvalue weighted by Gasteiger charge is -2.12. The summed E-state index contributed by atoms with van der Waals surface area (Å²) in [5, 5.41) is 5.78. The summed E-state index contributed by atoms with van der Waals surface area (Å²) >= 11 is 0. The lowest BCUT2D eigenvalue weighted by Crippen LogP contribution is -2.18. The van der Waals surface area contributed by atoms with Crippen molar-refractivity contribution in [2.75, 3.05) is 10.6 Å². The molecule has 3 aromatic rings. The highest BCUT2D eigenvalue weighted by atomic mass is 16.2. The van der Waals surface area contributed by atoms with Crippen LogP contribution < -0.4 is 10.6 Å². The predicted octanol–water partition coefficient (Wildman–Crippen LogP) is 3.64. The van der Waals surface area contributed by atoms with E-state index in [9.17, 15) is 9.59 Å². The third-order valence-corrected chi connectivity index (χ3v) is 4.73. The molecular weight excluding hydrogens is 340 g/mol. The van der Waals surface area contributed by atoms with E-state index in [1.54, 1.807) is 18.3 Å². The van der Waals surface area contributed by atoms with E-state index in [4.69, 9.17) is 0 Å². The minimum Gasteiger partial charge on any atom is -0.324 e. The third-order valence-electron chi connectivity index (χ3n) is 4.73. The summed E-state index contributed by atoms with van der Waals surface area (Å²) in [5.41, 5.74) is 3.28. The predicted molar refractivity (Wildman–Crippen MR) is 104 cm³/mol. The number of fused-ring (bicyclic) bond motifs is 1. The van der Waals surface area contributed by atoms with Gasteiger partial charge in [0.05, 0.1) is 6.20 Å². The van der Waals surface area contributed by atoms with Crippen molar-refractivity contribution >= 4 is 23.2 Å². The maximum Gasteiger partial charge on any atom is 0.273 e. The SMILES string of the molecule is Cc1ccc(C(=O)Nc2ccccc2)cc1NC(=O)c1cnc2n1CCC2. The van der Waals surface area contributed by atoms with Crippen LogP contribution in [0.1, 0.15) is 38.7 Å². The molecule has 0 radical (unpaired) electrons. The van der Waals surface area contributed by atoms with Crippen molar-refractivity contribution in [1.29, 1.82) is 0 Å². The summed E-state index contributed by atoms with van der Waals surface area (Å²) in [6.45, 7) is 2.71. The highest BCUT2D eigenvalue weighted by Gasteiger charge is 2.21. The van der Waals surface area contributed by atoms with Crippen molar-refractivity contribution in [2.45, 2.75) is 26.3 Å². The second kappa shape index (κ2) is 7.07. The average molecular weight is 360 g/mol. The van der Waals surface area contributed by atoms with E-state index in [-0.39, 0.29) is 11.8 Å². The Hall–Kier alpha value is -3.41. The smallest absolute Gasteiger partial charge is 0.273 e. The third kappa shape index (κ3) is 3.46. The molecule has 1 aromatic heterocycles. The number of carbonyl (C=O) groups is 2. The van der Waals surface area contributed by atoms with Crippen molar-refractivity contribution in [3.05, 3.63) is 77.4 Å². The summed E-state index contributed by atoms with van der Waals surface area (Å²) in [6, 6.07) is 14.6. The number of benzene rings is 2. The van der Waals surface area contributed by atoms with Crippen molar-refractivity contribution in [1.82, 2.24) is 9.55 Å². The molecule has 0 saturated heterocycles. The number of rotatable bonds is 4. The van der Waals surface area contributed by atoms with E-state index in [0.29, 0.717) is 16.9 Å². The quantitative estimate of drug-likeness (QED) is 0.746. The van der Waals surface area contributed by atoms with Gasteiger partial charge in [0.2, 0.25) is 0 Å². The molecule has 27 heavy (non-hydrogen) atoms. The Morgan fingerprint density at radius 2 is 1.85 bits per heavy atom. The van der Waals surface area contributed by atoms with Gasteiger partial charge in [-0.1, -0.05) is 24.3 Å². The van der Waals surface area contributed by atoms with E-state index in [1.807, 2.05) is 47.9 Å². The second-order valence-electron chi connectivity index (χ2n) is 6.62. The Bertz CT molecular complexity index is 1010. The van der Waals surface area contributed by atoms with Gasteiger partial charge in [0.15, 0.2) is 0 Å². The number of anilines is 2. The largest absolute Gasteiger partial charge is 0.324 e. The van der Waals surface area contributed by atoms with Crippen molar-refractivity contribution < 1.29 is 9.59 Å². The molecule has 2 aromatic carbocycles. The minimum atomic E-state index is -0.220. The normalized spacial score (nSPS) is 12.5. The number of imidazole rings is 1. The van der Waals surface area contributed by atoms with Gasteiger partial charge >= 0.3 is 0 Å². The number of hydrogen-bond acceptors (Lipinski definition) is 3. The minimum absolute atomic E-state index is 0.209. The van der Waals surface area contributed by atoms with Crippen molar-refractivity contribution in [3.8, 4) is 0 Å². The molecule has 2 heterocycles. The topological polar surface area (TPSA) is 76.0 Å². The summed E-state index contributed by atoms with van der Waals surface area (Å²) in [7, 11) is 0. The number of carbonyl (C=O) groups excluding carboxylic acids is 2. The number of hydrogen-bond donors (Lipinski definition) is 2. The van der Waals surface area contributed by atoms with Crippen LogP contribution in [0.15, 0.2) is 54.7 Å². The molecule has 0 bridgehead atoms. The maximum atomic E-state index is 12.7. The first-order chi connectivity index (χ1) is 13.1. The summed E-state index contributed by atoms with van der Waals surface area (Å²) in [6.07, 6.45) is 3.53. The van der Waals surface area contributed by atoms with Gasteiger partial charge in [-0.3, -0.25) is 9.59 Å². The van der Waals surface area contributed by atoms with Gasteiger partial charge in [-0.25, -0.2) is 4.98 Å². The van der Waals surface area contributed by atoms with Crippen LogP contribution in [0.25, 0.3) is 0 Å². The molecule has 2 amide bonds. The lowest BCUT2D eigenvalue weighted by molar-refractivity contribution is 0.101. The molecule has 136 valence electrons. The molecule has 0 saturated carbocycles. The van der Waals surface area contributed by atoms with Gasteiger partial charge in [0, 0.05) is 29.9 Å². The Morgan fingerprint density at radius 1 is 1.04 bits per heavy atom. The zero-order valence-electron chi connectivity index (χ0n) is 15.0. The first-order valence-electron chi connectivity index (χ1n) is 8.94. The molecule has 0 aliphatic carbocycles. The monoisotopic (exact) mass is 360 g/mol. The van der Waals surface area contributed by atoms with Crippen molar-refractivity contribution in [2.24, 2.45) is 0 Å². The Kier molecular flexibility index (Phi) is 4.46. The van der Waals surface area contributed by atoms with E-state index in [0.717, 1.165) is 36.5 Å². The van der Waals surface area contributed by atoms with E-state index in [2.05, 4.69) is 15.6 Å². The lowest BCUT2D eigenvalue weighted by atomic mass is 10.1. The van der Waals surface area contributed by atoms with Gasteiger partial charge in [-0.2, -0.15) is 0 Å². The van der Waals surface area contributed by atoms with Gasteiger partial charge in [0.25, 0.3) is 11.8 Å². The fraction of sp³-hybridized carbons (Fsp3) is 0.190.